The molecule has 0 spiro atoms. The Balaban J connectivity index is 2.01. The van der Waals surface area contributed by atoms with E-state index < -0.39 is 0 Å². The van der Waals surface area contributed by atoms with Crippen LogP contribution in [0.25, 0.3) is 26.1 Å². The number of pyridine rings is 1. The number of halogens is 1. The molecule has 0 amide bonds. The van der Waals surface area contributed by atoms with Gasteiger partial charge in [0.2, 0.25) is 0 Å². The van der Waals surface area contributed by atoms with E-state index in [1.807, 2.05) is 38.1 Å². The monoisotopic (exact) mass is 370 g/mol. The molecule has 126 valence electrons. The molecule has 0 unspecified atom stereocenters. The summed E-state index contributed by atoms with van der Waals surface area (Å²) in [4.78, 5) is 18.2. The maximum absolute atomic E-state index is 12.9. The highest BCUT2D eigenvalue weighted by atomic mass is 35.5. The molecule has 0 bridgehead atoms. The SMILES string of the molecule is CCc1ccc(-n2nnc3c(sc4nc(C)c(Cl)c(C)c43)c2=O)cc1. The molecule has 0 fully saturated rings. The maximum Gasteiger partial charge on any atom is 0.292 e. The Bertz CT molecular complexity index is 1180. The molecule has 1 aromatic carbocycles. The predicted molar refractivity (Wildman–Crippen MR) is 102 cm³/mol. The second kappa shape index (κ2) is 5.89. The molecular weight excluding hydrogens is 356 g/mol. The van der Waals surface area contributed by atoms with E-state index >= 15 is 0 Å². The van der Waals surface area contributed by atoms with E-state index in [1.54, 1.807) is 0 Å². The lowest BCUT2D eigenvalue weighted by molar-refractivity contribution is 0.740. The second-order valence-corrected chi connectivity index (χ2v) is 7.30. The van der Waals surface area contributed by atoms with Crippen LogP contribution in [0.1, 0.15) is 23.7 Å². The van der Waals surface area contributed by atoms with Crippen molar-refractivity contribution in [1.82, 2.24) is 20.0 Å². The zero-order chi connectivity index (χ0) is 17.7. The molecule has 25 heavy (non-hydrogen) atoms. The zero-order valence-electron chi connectivity index (χ0n) is 14.0. The van der Waals surface area contributed by atoms with Gasteiger partial charge in [-0.15, -0.1) is 16.4 Å². The third-order valence-corrected chi connectivity index (χ3v) is 5.98. The molecule has 0 N–H and O–H groups in total. The van der Waals surface area contributed by atoms with Crippen LogP contribution in [-0.2, 0) is 6.42 Å². The number of hydrogen-bond donors (Lipinski definition) is 0. The summed E-state index contributed by atoms with van der Waals surface area (Å²) in [6, 6.07) is 7.76. The normalized spacial score (nSPS) is 11.5. The van der Waals surface area contributed by atoms with E-state index in [2.05, 4.69) is 22.2 Å². The number of hydrogen-bond acceptors (Lipinski definition) is 5. The van der Waals surface area contributed by atoms with Gasteiger partial charge in [-0.1, -0.05) is 35.9 Å². The van der Waals surface area contributed by atoms with Crippen LogP contribution in [0.15, 0.2) is 29.1 Å². The molecule has 0 saturated heterocycles. The van der Waals surface area contributed by atoms with Crippen molar-refractivity contribution in [2.45, 2.75) is 27.2 Å². The van der Waals surface area contributed by atoms with E-state index in [-0.39, 0.29) is 5.56 Å². The van der Waals surface area contributed by atoms with E-state index in [9.17, 15) is 4.79 Å². The predicted octanol–water partition coefficient (Wildman–Crippen LogP) is 4.22. The number of aryl methyl sites for hydroxylation is 3. The first-order valence-electron chi connectivity index (χ1n) is 7.95. The number of fused-ring (bicyclic) bond motifs is 3. The van der Waals surface area contributed by atoms with Gasteiger partial charge in [-0.2, -0.15) is 4.68 Å². The number of aromatic nitrogens is 4. The van der Waals surface area contributed by atoms with Crippen LogP contribution in [0.5, 0.6) is 0 Å². The van der Waals surface area contributed by atoms with E-state index in [4.69, 9.17) is 11.6 Å². The van der Waals surface area contributed by atoms with Crippen LogP contribution in [0.2, 0.25) is 5.02 Å². The Morgan fingerprint density at radius 3 is 2.60 bits per heavy atom. The Labute approximate surface area is 152 Å². The van der Waals surface area contributed by atoms with Crippen LogP contribution in [0.3, 0.4) is 0 Å². The fourth-order valence-electron chi connectivity index (χ4n) is 2.92. The fraction of sp³-hybridized carbons (Fsp3) is 0.222. The zero-order valence-corrected chi connectivity index (χ0v) is 15.6. The van der Waals surface area contributed by atoms with Gasteiger partial charge in [0.05, 0.1) is 16.4 Å². The first-order chi connectivity index (χ1) is 12.0. The van der Waals surface area contributed by atoms with Crippen LogP contribution >= 0.6 is 22.9 Å². The number of benzene rings is 1. The standard InChI is InChI=1S/C18H15ClN4OS/c1-4-11-5-7-12(8-6-11)23-18(24)16-15(21-22-23)13-9(2)14(19)10(3)20-17(13)25-16/h5-8H,4H2,1-3H3. The van der Waals surface area contributed by atoms with Crippen molar-refractivity contribution < 1.29 is 0 Å². The molecular formula is C18H15ClN4OS. The molecule has 3 heterocycles. The Hall–Kier alpha value is -2.31. The highest BCUT2D eigenvalue weighted by Gasteiger charge is 2.18. The van der Waals surface area contributed by atoms with Crippen molar-refractivity contribution in [3.63, 3.8) is 0 Å². The summed E-state index contributed by atoms with van der Waals surface area (Å²) in [5.41, 5.74) is 3.92. The summed E-state index contributed by atoms with van der Waals surface area (Å²) in [6.45, 7) is 5.87. The number of nitrogens with zero attached hydrogens (tertiary/aromatic N) is 4. The quantitative estimate of drug-likeness (QED) is 0.530. The van der Waals surface area contributed by atoms with Gasteiger partial charge in [0, 0.05) is 5.39 Å². The van der Waals surface area contributed by atoms with Gasteiger partial charge >= 0.3 is 0 Å². The molecule has 0 aliphatic heterocycles. The molecule has 4 rings (SSSR count). The van der Waals surface area contributed by atoms with Crippen molar-refractivity contribution in [1.29, 1.82) is 0 Å². The third-order valence-electron chi connectivity index (χ3n) is 4.37. The first kappa shape index (κ1) is 16.2. The molecule has 0 aliphatic rings. The van der Waals surface area contributed by atoms with Crippen LogP contribution in [0.4, 0.5) is 0 Å². The highest BCUT2D eigenvalue weighted by Crippen LogP contribution is 2.35. The summed E-state index contributed by atoms with van der Waals surface area (Å²) in [5.74, 6) is 0. The summed E-state index contributed by atoms with van der Waals surface area (Å²) in [6.07, 6.45) is 0.946. The summed E-state index contributed by atoms with van der Waals surface area (Å²) in [7, 11) is 0. The van der Waals surface area contributed by atoms with E-state index in [1.165, 1.54) is 21.6 Å². The molecule has 5 nitrogen and oxygen atoms in total. The van der Waals surface area contributed by atoms with Gasteiger partial charge in [0.25, 0.3) is 5.56 Å². The van der Waals surface area contributed by atoms with Gasteiger partial charge < -0.3 is 0 Å². The van der Waals surface area contributed by atoms with Crippen molar-refractivity contribution in [3.05, 3.63) is 56.5 Å². The van der Waals surface area contributed by atoms with Crippen molar-refractivity contribution >= 4 is 43.4 Å². The summed E-state index contributed by atoms with van der Waals surface area (Å²) in [5, 5.41) is 9.86. The maximum atomic E-state index is 12.9. The second-order valence-electron chi connectivity index (χ2n) is 5.92. The minimum Gasteiger partial charge on any atom is -0.266 e. The summed E-state index contributed by atoms with van der Waals surface area (Å²) < 4.78 is 1.88. The largest absolute Gasteiger partial charge is 0.292 e. The molecule has 3 aromatic heterocycles. The fourth-order valence-corrected chi connectivity index (χ4v) is 4.20. The molecule has 0 atom stereocenters. The van der Waals surface area contributed by atoms with Crippen molar-refractivity contribution in [3.8, 4) is 5.69 Å². The van der Waals surface area contributed by atoms with Gasteiger partial charge in [-0.3, -0.25) is 4.79 Å². The lowest BCUT2D eigenvalue weighted by Gasteiger charge is -2.05. The molecule has 4 aromatic rings. The topological polar surface area (TPSA) is 60.7 Å². The van der Waals surface area contributed by atoms with E-state index in [0.717, 1.165) is 27.9 Å². The minimum absolute atomic E-state index is 0.189. The number of thiophene rings is 1. The van der Waals surface area contributed by atoms with Crippen molar-refractivity contribution in [2.24, 2.45) is 0 Å². The van der Waals surface area contributed by atoms with Gasteiger partial charge in [0.15, 0.2) is 0 Å². The van der Waals surface area contributed by atoms with Crippen LogP contribution in [-0.4, -0.2) is 20.0 Å². The highest BCUT2D eigenvalue weighted by molar-refractivity contribution is 7.25. The van der Waals surface area contributed by atoms with Crippen molar-refractivity contribution in [2.75, 3.05) is 0 Å². The van der Waals surface area contributed by atoms with Gasteiger partial charge in [-0.05, 0) is 43.5 Å². The molecule has 0 aliphatic carbocycles. The molecule has 7 heteroatoms. The Kier molecular flexibility index (Phi) is 3.81. The van der Waals surface area contributed by atoms with E-state index in [0.29, 0.717) is 20.9 Å². The third kappa shape index (κ3) is 2.44. The van der Waals surface area contributed by atoms with Crippen LogP contribution in [0, 0.1) is 13.8 Å². The lowest BCUT2D eigenvalue weighted by atomic mass is 10.1. The van der Waals surface area contributed by atoms with Crippen LogP contribution < -0.4 is 5.56 Å². The molecule has 0 saturated carbocycles. The molecule has 0 radical (unpaired) electrons. The Morgan fingerprint density at radius 1 is 1.20 bits per heavy atom. The minimum atomic E-state index is -0.189. The number of rotatable bonds is 2. The first-order valence-corrected chi connectivity index (χ1v) is 9.15. The average molecular weight is 371 g/mol. The smallest absolute Gasteiger partial charge is 0.266 e. The average Bonchev–Trinajstić information content (AvgIpc) is 2.99. The summed E-state index contributed by atoms with van der Waals surface area (Å²) >= 11 is 7.66. The van der Waals surface area contributed by atoms with Gasteiger partial charge in [0.1, 0.15) is 15.0 Å². The Morgan fingerprint density at radius 2 is 1.92 bits per heavy atom. The lowest BCUT2D eigenvalue weighted by Crippen LogP contribution is -2.21. The van der Waals surface area contributed by atoms with Gasteiger partial charge in [-0.25, -0.2) is 4.98 Å².